The van der Waals surface area contributed by atoms with E-state index in [0.717, 1.165) is 32.4 Å². The minimum Gasteiger partial charge on any atom is -0.356 e. The number of carbonyl (C=O) groups excluding carboxylic acids is 2. The Morgan fingerprint density at radius 2 is 1.71 bits per heavy atom. The molecule has 2 amide bonds. The highest BCUT2D eigenvalue weighted by Gasteiger charge is 2.28. The van der Waals surface area contributed by atoms with E-state index in [1.807, 2.05) is 0 Å². The number of piperidine rings is 1. The van der Waals surface area contributed by atoms with Gasteiger partial charge < -0.3 is 15.1 Å². The van der Waals surface area contributed by atoms with Crippen LogP contribution in [-0.4, -0.2) is 60.9 Å². The summed E-state index contributed by atoms with van der Waals surface area (Å²) in [5, 5.41) is 3.71. The Hall–Kier alpha value is -1.59. The highest BCUT2D eigenvalue weighted by Crippen LogP contribution is 2.20. The number of nitrogens with one attached hydrogen (secondary N) is 1. The Morgan fingerprint density at radius 3 is 2.43 bits per heavy atom. The maximum absolute atomic E-state index is 12.7. The van der Waals surface area contributed by atoms with E-state index in [4.69, 9.17) is 11.6 Å². The van der Waals surface area contributed by atoms with Crippen molar-refractivity contribution >= 4 is 23.4 Å². The first-order chi connectivity index (χ1) is 13.6. The van der Waals surface area contributed by atoms with E-state index in [-0.39, 0.29) is 17.7 Å². The smallest absolute Gasteiger partial charge is 0.253 e. The Balaban J connectivity index is 1.41. The van der Waals surface area contributed by atoms with Crippen LogP contribution < -0.4 is 5.32 Å². The summed E-state index contributed by atoms with van der Waals surface area (Å²) in [5.41, 5.74) is 0.628. The van der Waals surface area contributed by atoms with E-state index in [1.54, 1.807) is 29.2 Å². The zero-order valence-electron chi connectivity index (χ0n) is 16.7. The first kappa shape index (κ1) is 21.1. The summed E-state index contributed by atoms with van der Waals surface area (Å²) >= 11 is 5.90. The largest absolute Gasteiger partial charge is 0.356 e. The third kappa shape index (κ3) is 6.21. The molecule has 3 rings (SSSR count). The second kappa shape index (κ2) is 10.8. The fraction of sp³-hybridized carbons (Fsp3) is 0.636. The zero-order chi connectivity index (χ0) is 19.8. The molecule has 154 valence electrons. The molecule has 2 aliphatic heterocycles. The second-order valence-corrected chi connectivity index (χ2v) is 8.43. The van der Waals surface area contributed by atoms with Crippen LogP contribution in [-0.2, 0) is 4.79 Å². The fourth-order valence-electron chi connectivity index (χ4n) is 4.17. The van der Waals surface area contributed by atoms with Crippen molar-refractivity contribution < 1.29 is 9.59 Å². The van der Waals surface area contributed by atoms with Crippen LogP contribution in [0.3, 0.4) is 0 Å². The molecule has 1 aromatic rings. The van der Waals surface area contributed by atoms with Crippen molar-refractivity contribution in [1.82, 2.24) is 15.1 Å². The van der Waals surface area contributed by atoms with Crippen LogP contribution in [0, 0.1) is 5.92 Å². The summed E-state index contributed by atoms with van der Waals surface area (Å²) in [6, 6.07) is 6.95. The van der Waals surface area contributed by atoms with Crippen molar-refractivity contribution in [2.24, 2.45) is 5.92 Å². The molecule has 0 saturated carbocycles. The summed E-state index contributed by atoms with van der Waals surface area (Å²) in [7, 11) is 0. The van der Waals surface area contributed by atoms with Crippen molar-refractivity contribution in [3.63, 3.8) is 0 Å². The predicted octanol–water partition coefficient (Wildman–Crippen LogP) is 3.57. The van der Waals surface area contributed by atoms with Crippen molar-refractivity contribution in [3.8, 4) is 0 Å². The Morgan fingerprint density at radius 1 is 1.00 bits per heavy atom. The second-order valence-electron chi connectivity index (χ2n) is 8.00. The number of halogens is 1. The molecule has 5 nitrogen and oxygen atoms in total. The number of rotatable bonds is 6. The molecule has 1 atom stereocenters. The van der Waals surface area contributed by atoms with Crippen molar-refractivity contribution in [1.29, 1.82) is 0 Å². The number of nitrogens with zero attached hydrogens (tertiary/aromatic N) is 2. The lowest BCUT2D eigenvalue weighted by atomic mass is 9.96. The lowest BCUT2D eigenvalue weighted by molar-refractivity contribution is -0.126. The van der Waals surface area contributed by atoms with Crippen LogP contribution in [0.15, 0.2) is 24.3 Å². The van der Waals surface area contributed by atoms with Crippen LogP contribution in [0.5, 0.6) is 0 Å². The lowest BCUT2D eigenvalue weighted by Crippen LogP contribution is -2.45. The van der Waals surface area contributed by atoms with Crippen LogP contribution in [0.1, 0.15) is 55.3 Å². The third-order valence-corrected chi connectivity index (χ3v) is 6.07. The molecule has 1 N–H and O–H groups in total. The molecule has 6 heteroatoms. The van der Waals surface area contributed by atoms with Gasteiger partial charge in [0.2, 0.25) is 5.91 Å². The maximum atomic E-state index is 12.7. The number of amides is 2. The number of hydrogen-bond acceptors (Lipinski definition) is 3. The minimum absolute atomic E-state index is 0.0182. The number of carbonyl (C=O) groups is 2. The Kier molecular flexibility index (Phi) is 8.16. The first-order valence-electron chi connectivity index (χ1n) is 10.7. The van der Waals surface area contributed by atoms with Gasteiger partial charge >= 0.3 is 0 Å². The van der Waals surface area contributed by atoms with Gasteiger partial charge in [-0.05, 0) is 76.0 Å². The molecular formula is C22H32ClN3O2. The zero-order valence-corrected chi connectivity index (χ0v) is 17.4. The SMILES string of the molecule is O=C(NCCCN1CCCCCC1)C1CCCN(C(=O)c2ccc(Cl)cc2)C1. The normalized spacial score (nSPS) is 21.2. The van der Waals surface area contributed by atoms with Crippen molar-refractivity contribution in [2.45, 2.75) is 44.9 Å². The molecule has 0 bridgehead atoms. The fourth-order valence-corrected chi connectivity index (χ4v) is 4.30. The van der Waals surface area contributed by atoms with Crippen LogP contribution in [0.4, 0.5) is 0 Å². The molecule has 28 heavy (non-hydrogen) atoms. The van der Waals surface area contributed by atoms with Gasteiger partial charge in [-0.25, -0.2) is 0 Å². The molecule has 0 aliphatic carbocycles. The minimum atomic E-state index is -0.108. The van der Waals surface area contributed by atoms with Gasteiger partial charge in [0.05, 0.1) is 5.92 Å². The number of hydrogen-bond donors (Lipinski definition) is 1. The predicted molar refractivity (Wildman–Crippen MR) is 113 cm³/mol. The molecule has 0 aromatic heterocycles. The molecule has 0 spiro atoms. The van der Waals surface area contributed by atoms with Crippen molar-refractivity contribution in [3.05, 3.63) is 34.9 Å². The van der Waals surface area contributed by atoms with E-state index in [0.29, 0.717) is 23.7 Å². The average Bonchev–Trinajstić information content (AvgIpc) is 3.00. The molecular weight excluding hydrogens is 374 g/mol. The van der Waals surface area contributed by atoms with Gasteiger partial charge in [-0.1, -0.05) is 24.4 Å². The number of likely N-dealkylation sites (tertiary alicyclic amines) is 2. The maximum Gasteiger partial charge on any atom is 0.253 e. The molecule has 1 unspecified atom stereocenters. The van der Waals surface area contributed by atoms with Gasteiger partial charge in [-0.15, -0.1) is 0 Å². The Bertz CT molecular complexity index is 642. The quantitative estimate of drug-likeness (QED) is 0.736. The van der Waals surface area contributed by atoms with E-state index >= 15 is 0 Å². The van der Waals surface area contributed by atoms with E-state index in [2.05, 4.69) is 10.2 Å². The summed E-state index contributed by atoms with van der Waals surface area (Å²) in [4.78, 5) is 29.6. The lowest BCUT2D eigenvalue weighted by Gasteiger charge is -2.32. The summed E-state index contributed by atoms with van der Waals surface area (Å²) < 4.78 is 0. The van der Waals surface area contributed by atoms with Crippen LogP contribution in [0.2, 0.25) is 5.02 Å². The molecule has 2 fully saturated rings. The van der Waals surface area contributed by atoms with Gasteiger partial charge in [0.1, 0.15) is 0 Å². The Labute approximate surface area is 173 Å². The van der Waals surface area contributed by atoms with Crippen molar-refractivity contribution in [2.75, 3.05) is 39.3 Å². The van der Waals surface area contributed by atoms with E-state index in [1.165, 1.54) is 38.8 Å². The van der Waals surface area contributed by atoms with Gasteiger partial charge in [0.15, 0.2) is 0 Å². The molecule has 2 heterocycles. The van der Waals surface area contributed by atoms with Gasteiger partial charge in [0.25, 0.3) is 5.91 Å². The highest BCUT2D eigenvalue weighted by molar-refractivity contribution is 6.30. The molecule has 0 radical (unpaired) electrons. The first-order valence-corrected chi connectivity index (χ1v) is 11.1. The topological polar surface area (TPSA) is 52.7 Å². The van der Waals surface area contributed by atoms with Crippen LogP contribution >= 0.6 is 11.6 Å². The summed E-state index contributed by atoms with van der Waals surface area (Å²) in [5.74, 6) is -0.0389. The molecule has 2 aliphatic rings. The molecule has 1 aromatic carbocycles. The van der Waals surface area contributed by atoms with Gasteiger partial charge in [-0.2, -0.15) is 0 Å². The third-order valence-electron chi connectivity index (χ3n) is 5.82. The van der Waals surface area contributed by atoms with Gasteiger partial charge in [-0.3, -0.25) is 9.59 Å². The summed E-state index contributed by atoms with van der Waals surface area (Å²) in [6.45, 7) is 5.37. The molecule has 2 saturated heterocycles. The van der Waals surface area contributed by atoms with Crippen LogP contribution in [0.25, 0.3) is 0 Å². The average molecular weight is 406 g/mol. The summed E-state index contributed by atoms with van der Waals surface area (Å²) in [6.07, 6.45) is 8.00. The van der Waals surface area contributed by atoms with Gasteiger partial charge in [0, 0.05) is 30.2 Å². The van der Waals surface area contributed by atoms with E-state index < -0.39 is 0 Å². The van der Waals surface area contributed by atoms with E-state index in [9.17, 15) is 9.59 Å². The standard InChI is InChI=1S/C22H32ClN3O2/c23-20-10-8-18(9-11-20)22(28)26-16-5-7-19(17-26)21(27)24-12-6-15-25-13-3-1-2-4-14-25/h8-11,19H,1-7,12-17H2,(H,24,27). The number of benzene rings is 1. The monoisotopic (exact) mass is 405 g/mol. The highest BCUT2D eigenvalue weighted by atomic mass is 35.5.